The van der Waals surface area contributed by atoms with E-state index in [4.69, 9.17) is 17.3 Å². The van der Waals surface area contributed by atoms with Gasteiger partial charge in [-0.2, -0.15) is 0 Å². The average molecular weight is 337 g/mol. The highest BCUT2D eigenvalue weighted by Crippen LogP contribution is 2.26. The number of anilines is 2. The van der Waals surface area contributed by atoms with Gasteiger partial charge in [-0.1, -0.05) is 11.6 Å². The molecule has 9 heteroatoms. The summed E-state index contributed by atoms with van der Waals surface area (Å²) in [6, 6.07) is 4.20. The monoisotopic (exact) mass is 336 g/mol. The molecule has 0 amide bonds. The van der Waals surface area contributed by atoms with E-state index in [9.17, 15) is 21.6 Å². The highest BCUT2D eigenvalue weighted by Gasteiger charge is 2.20. The van der Waals surface area contributed by atoms with E-state index >= 15 is 0 Å². The second kappa shape index (κ2) is 5.45. The normalized spacial score (nSPS) is 11.4. The number of benzene rings is 2. The Bertz CT molecular complexity index is 812. The Hall–Kier alpha value is -1.93. The van der Waals surface area contributed by atoms with Crippen molar-refractivity contribution in [2.24, 2.45) is 0 Å². The Morgan fingerprint density at radius 2 is 1.62 bits per heavy atom. The van der Waals surface area contributed by atoms with E-state index in [0.717, 1.165) is 6.07 Å². The van der Waals surface area contributed by atoms with Crippen LogP contribution in [0, 0.1) is 17.5 Å². The predicted molar refractivity (Wildman–Crippen MR) is 73.0 cm³/mol. The number of hydrogen-bond donors (Lipinski definition) is 2. The van der Waals surface area contributed by atoms with Crippen LogP contribution >= 0.6 is 11.6 Å². The van der Waals surface area contributed by atoms with Gasteiger partial charge in [-0.15, -0.1) is 0 Å². The van der Waals surface area contributed by atoms with Crippen LogP contribution < -0.4 is 10.5 Å². The topological polar surface area (TPSA) is 72.2 Å². The Morgan fingerprint density at radius 1 is 1.00 bits per heavy atom. The molecule has 4 nitrogen and oxygen atoms in total. The molecule has 0 aromatic heterocycles. The molecule has 2 aromatic carbocycles. The first-order chi connectivity index (χ1) is 9.70. The predicted octanol–water partition coefficient (Wildman–Crippen LogP) is 3.14. The maximum Gasteiger partial charge on any atom is 0.264 e. The summed E-state index contributed by atoms with van der Waals surface area (Å²) >= 11 is 5.64. The smallest absolute Gasteiger partial charge is 0.264 e. The van der Waals surface area contributed by atoms with Crippen molar-refractivity contribution in [3.63, 3.8) is 0 Å². The van der Waals surface area contributed by atoms with Gasteiger partial charge in [0.1, 0.15) is 10.7 Å². The van der Waals surface area contributed by atoms with Gasteiger partial charge in [0.05, 0.1) is 11.4 Å². The highest BCUT2D eigenvalue weighted by atomic mass is 35.5. The lowest BCUT2D eigenvalue weighted by atomic mass is 10.3. The molecule has 0 saturated carbocycles. The Kier molecular flexibility index (Phi) is 4.02. The van der Waals surface area contributed by atoms with Crippen molar-refractivity contribution in [3.05, 3.63) is 52.8 Å². The number of nitrogens with two attached hydrogens (primary N) is 1. The molecule has 21 heavy (non-hydrogen) atoms. The van der Waals surface area contributed by atoms with E-state index in [2.05, 4.69) is 0 Å². The van der Waals surface area contributed by atoms with Crippen molar-refractivity contribution in [3.8, 4) is 0 Å². The number of halogens is 4. The minimum absolute atomic E-state index is 0.169. The van der Waals surface area contributed by atoms with Gasteiger partial charge in [-0.05, 0) is 18.2 Å². The largest absolute Gasteiger partial charge is 0.398 e. The van der Waals surface area contributed by atoms with Crippen LogP contribution in [0.25, 0.3) is 0 Å². The van der Waals surface area contributed by atoms with Crippen LogP contribution in [-0.4, -0.2) is 8.42 Å². The van der Waals surface area contributed by atoms with Gasteiger partial charge in [0.2, 0.25) is 0 Å². The van der Waals surface area contributed by atoms with Gasteiger partial charge >= 0.3 is 0 Å². The lowest BCUT2D eigenvalue weighted by Gasteiger charge is -2.11. The van der Waals surface area contributed by atoms with Crippen LogP contribution in [-0.2, 0) is 10.0 Å². The van der Waals surface area contributed by atoms with Crippen molar-refractivity contribution >= 4 is 33.0 Å². The average Bonchev–Trinajstić information content (AvgIpc) is 2.35. The summed E-state index contributed by atoms with van der Waals surface area (Å²) in [6.07, 6.45) is 0. The standard InChI is InChI=1S/C12H8ClF3N2O2S/c13-6-1-2-12(10(17)3-6)21(19,20)18-11-5-8(15)7(14)4-9(11)16/h1-5,18H,17H2. The SMILES string of the molecule is Nc1cc(Cl)ccc1S(=O)(=O)Nc1cc(F)c(F)cc1F. The van der Waals surface area contributed by atoms with Gasteiger partial charge in [0.25, 0.3) is 10.0 Å². The molecule has 2 rings (SSSR count). The van der Waals surface area contributed by atoms with Crippen molar-refractivity contribution < 1.29 is 21.6 Å². The third-order valence-corrected chi connectivity index (χ3v) is 4.19. The van der Waals surface area contributed by atoms with Crippen LogP contribution in [0.4, 0.5) is 24.5 Å². The number of sulfonamides is 1. The highest BCUT2D eigenvalue weighted by molar-refractivity contribution is 7.92. The van der Waals surface area contributed by atoms with E-state index in [1.807, 2.05) is 0 Å². The second-order valence-corrected chi connectivity index (χ2v) is 6.12. The van der Waals surface area contributed by atoms with E-state index < -0.39 is 33.2 Å². The maximum atomic E-state index is 13.5. The van der Waals surface area contributed by atoms with Gasteiger partial charge in [-0.25, -0.2) is 21.6 Å². The van der Waals surface area contributed by atoms with E-state index in [0.29, 0.717) is 6.07 Å². The second-order valence-electron chi connectivity index (χ2n) is 4.03. The van der Waals surface area contributed by atoms with E-state index in [1.54, 1.807) is 4.72 Å². The molecule has 0 heterocycles. The van der Waals surface area contributed by atoms with Gasteiger partial charge < -0.3 is 5.73 Å². The Balaban J connectivity index is 2.45. The molecule has 0 spiro atoms. The number of nitrogens with one attached hydrogen (secondary N) is 1. The summed E-state index contributed by atoms with van der Waals surface area (Å²) in [5.41, 5.74) is 4.62. The van der Waals surface area contributed by atoms with Gasteiger partial charge in [0.15, 0.2) is 11.6 Å². The molecule has 0 aliphatic rings. The molecule has 0 fully saturated rings. The zero-order valence-electron chi connectivity index (χ0n) is 10.2. The molecule has 0 aliphatic heterocycles. The lowest BCUT2D eigenvalue weighted by molar-refractivity contribution is 0.496. The summed E-state index contributed by atoms with van der Waals surface area (Å²) < 4.78 is 65.2. The first-order valence-corrected chi connectivity index (χ1v) is 7.29. The molecule has 0 saturated heterocycles. The number of nitrogen functional groups attached to an aromatic ring is 1. The summed E-state index contributed by atoms with van der Waals surface area (Å²) in [4.78, 5) is -0.365. The van der Waals surface area contributed by atoms with E-state index in [1.165, 1.54) is 12.1 Å². The molecule has 0 atom stereocenters. The van der Waals surface area contributed by atoms with E-state index in [-0.39, 0.29) is 21.7 Å². The fraction of sp³-hybridized carbons (Fsp3) is 0. The molecular formula is C12H8ClF3N2O2S. The summed E-state index contributed by atoms with van der Waals surface area (Å²) in [5.74, 6) is -4.08. The Labute approximate surface area is 123 Å². The van der Waals surface area contributed by atoms with Crippen molar-refractivity contribution in [1.82, 2.24) is 0 Å². The van der Waals surface area contributed by atoms with Crippen LogP contribution in [0.15, 0.2) is 35.2 Å². The van der Waals surface area contributed by atoms with Crippen molar-refractivity contribution in [2.75, 3.05) is 10.5 Å². The zero-order chi connectivity index (χ0) is 15.8. The zero-order valence-corrected chi connectivity index (χ0v) is 11.8. The molecule has 0 unspecified atom stereocenters. The maximum absolute atomic E-state index is 13.5. The molecule has 0 aliphatic carbocycles. The molecule has 2 aromatic rings. The van der Waals surface area contributed by atoms with Crippen LogP contribution in [0.2, 0.25) is 5.02 Å². The van der Waals surface area contributed by atoms with Crippen LogP contribution in [0.1, 0.15) is 0 Å². The van der Waals surface area contributed by atoms with Crippen LogP contribution in [0.5, 0.6) is 0 Å². The van der Waals surface area contributed by atoms with Crippen molar-refractivity contribution in [2.45, 2.75) is 4.90 Å². The minimum Gasteiger partial charge on any atom is -0.398 e. The number of hydrogen-bond acceptors (Lipinski definition) is 3. The molecule has 0 bridgehead atoms. The van der Waals surface area contributed by atoms with Crippen LogP contribution in [0.3, 0.4) is 0 Å². The third-order valence-electron chi connectivity index (χ3n) is 2.52. The van der Waals surface area contributed by atoms with Crippen molar-refractivity contribution in [1.29, 1.82) is 0 Å². The first kappa shape index (κ1) is 15.5. The lowest BCUT2D eigenvalue weighted by Crippen LogP contribution is -2.16. The third kappa shape index (κ3) is 3.22. The first-order valence-electron chi connectivity index (χ1n) is 5.43. The summed E-state index contributed by atoms with van der Waals surface area (Å²) in [7, 11) is -4.28. The van der Waals surface area contributed by atoms with Gasteiger partial charge in [-0.3, -0.25) is 4.72 Å². The molecule has 0 radical (unpaired) electrons. The molecular weight excluding hydrogens is 329 g/mol. The fourth-order valence-corrected chi connectivity index (χ4v) is 2.92. The Morgan fingerprint density at radius 3 is 2.24 bits per heavy atom. The summed E-state index contributed by atoms with van der Waals surface area (Å²) in [5, 5.41) is 0.213. The molecule has 3 N–H and O–H groups in total. The quantitative estimate of drug-likeness (QED) is 0.668. The minimum atomic E-state index is -4.28. The fourth-order valence-electron chi connectivity index (χ4n) is 1.56. The van der Waals surface area contributed by atoms with Gasteiger partial charge in [0, 0.05) is 17.2 Å². The molecule has 112 valence electrons. The summed E-state index contributed by atoms with van der Waals surface area (Å²) in [6.45, 7) is 0. The number of rotatable bonds is 3.